The highest BCUT2D eigenvalue weighted by atomic mass is 79.9. The molecule has 1 saturated carbocycles. The molecule has 6 heteroatoms. The van der Waals surface area contributed by atoms with Crippen LogP contribution < -0.4 is 16.6 Å². The Morgan fingerprint density at radius 3 is 3.12 bits per heavy atom. The largest absolute Gasteiger partial charge is 0.366 e. The molecule has 0 radical (unpaired) electrons. The van der Waals surface area contributed by atoms with Gasteiger partial charge < -0.3 is 5.32 Å². The first-order valence-electron chi connectivity index (χ1n) is 5.50. The lowest BCUT2D eigenvalue weighted by Crippen LogP contribution is -2.13. The van der Waals surface area contributed by atoms with E-state index in [0.29, 0.717) is 12.0 Å². The maximum absolute atomic E-state index is 5.27. The molecule has 1 aliphatic rings. The van der Waals surface area contributed by atoms with Crippen LogP contribution in [0.25, 0.3) is 0 Å². The number of nitrogens with two attached hydrogens (primary N) is 1. The van der Waals surface area contributed by atoms with Gasteiger partial charge in [0, 0.05) is 12.2 Å². The minimum atomic E-state index is 0.429. The molecule has 2 unspecified atom stereocenters. The fourth-order valence-corrected chi connectivity index (χ4v) is 2.13. The van der Waals surface area contributed by atoms with E-state index in [1.165, 1.54) is 19.3 Å². The van der Waals surface area contributed by atoms with Crippen LogP contribution in [0.4, 0.5) is 11.8 Å². The van der Waals surface area contributed by atoms with Crippen molar-refractivity contribution in [1.29, 1.82) is 0 Å². The highest BCUT2D eigenvalue weighted by molar-refractivity contribution is 9.10. The van der Waals surface area contributed by atoms with E-state index in [1.807, 2.05) is 0 Å². The minimum absolute atomic E-state index is 0.429. The molecule has 4 N–H and O–H groups in total. The predicted octanol–water partition coefficient (Wildman–Crippen LogP) is 2.13. The summed E-state index contributed by atoms with van der Waals surface area (Å²) in [5.74, 6) is 7.31. The lowest BCUT2D eigenvalue weighted by Gasteiger charge is -2.08. The van der Waals surface area contributed by atoms with E-state index in [2.05, 4.69) is 43.6 Å². The maximum atomic E-state index is 5.27. The summed E-state index contributed by atoms with van der Waals surface area (Å²) in [6.45, 7) is 2.21. The number of nitrogens with one attached hydrogen (secondary N) is 2. The van der Waals surface area contributed by atoms with Crippen LogP contribution in [0.3, 0.4) is 0 Å². The zero-order valence-electron chi connectivity index (χ0n) is 9.20. The standard InChI is InChI=1S/C10H16BrN5/c1-2-3-6-4-8(6)14-9-7(11)5-13-10(15-9)16-12/h5-6,8H,2-4,12H2,1H3,(H2,13,14,15,16). The first kappa shape index (κ1) is 11.6. The van der Waals surface area contributed by atoms with Crippen molar-refractivity contribution in [2.45, 2.75) is 32.2 Å². The van der Waals surface area contributed by atoms with Gasteiger partial charge in [-0.15, -0.1) is 0 Å². The molecule has 2 rings (SSSR count). The summed E-state index contributed by atoms with van der Waals surface area (Å²) in [7, 11) is 0. The van der Waals surface area contributed by atoms with Gasteiger partial charge in [-0.1, -0.05) is 13.3 Å². The van der Waals surface area contributed by atoms with Crippen LogP contribution in [0.2, 0.25) is 0 Å². The van der Waals surface area contributed by atoms with Gasteiger partial charge in [-0.25, -0.2) is 10.8 Å². The summed E-state index contributed by atoms with van der Waals surface area (Å²) >= 11 is 3.42. The maximum Gasteiger partial charge on any atom is 0.239 e. The molecule has 0 bridgehead atoms. The second kappa shape index (κ2) is 4.97. The van der Waals surface area contributed by atoms with Gasteiger partial charge in [-0.3, -0.25) is 5.43 Å². The number of nitrogen functional groups attached to an aromatic ring is 1. The zero-order chi connectivity index (χ0) is 11.5. The van der Waals surface area contributed by atoms with E-state index >= 15 is 0 Å². The third-order valence-electron chi connectivity index (χ3n) is 2.78. The number of hydrazine groups is 1. The number of anilines is 2. The van der Waals surface area contributed by atoms with E-state index in [4.69, 9.17) is 5.84 Å². The molecule has 0 spiro atoms. The molecule has 5 nitrogen and oxygen atoms in total. The molecule has 0 saturated heterocycles. The second-order valence-corrected chi connectivity index (χ2v) is 4.92. The van der Waals surface area contributed by atoms with Gasteiger partial charge in [0.25, 0.3) is 0 Å². The van der Waals surface area contributed by atoms with Gasteiger partial charge in [0.15, 0.2) is 0 Å². The number of aromatic nitrogens is 2. The minimum Gasteiger partial charge on any atom is -0.366 e. The monoisotopic (exact) mass is 285 g/mol. The van der Waals surface area contributed by atoms with Gasteiger partial charge in [0.05, 0.1) is 4.47 Å². The Morgan fingerprint density at radius 1 is 1.62 bits per heavy atom. The number of halogens is 1. The molecule has 1 heterocycles. The first-order valence-corrected chi connectivity index (χ1v) is 6.29. The normalized spacial score (nSPS) is 22.9. The third-order valence-corrected chi connectivity index (χ3v) is 3.36. The van der Waals surface area contributed by atoms with Crippen molar-refractivity contribution in [2.75, 3.05) is 10.7 Å². The summed E-state index contributed by atoms with van der Waals surface area (Å²) < 4.78 is 0.869. The van der Waals surface area contributed by atoms with Crippen molar-refractivity contribution < 1.29 is 0 Å². The zero-order valence-corrected chi connectivity index (χ0v) is 10.8. The SMILES string of the molecule is CCCC1CC1Nc1nc(NN)ncc1Br. The highest BCUT2D eigenvalue weighted by Crippen LogP contribution is 2.38. The summed E-state index contributed by atoms with van der Waals surface area (Å²) in [4.78, 5) is 8.27. The Labute approximate surface area is 103 Å². The number of rotatable bonds is 5. The fourth-order valence-electron chi connectivity index (χ4n) is 1.83. The third kappa shape index (κ3) is 2.62. The van der Waals surface area contributed by atoms with Crippen LogP contribution in [-0.2, 0) is 0 Å². The topological polar surface area (TPSA) is 75.9 Å². The van der Waals surface area contributed by atoms with Crippen LogP contribution in [0.1, 0.15) is 26.2 Å². The van der Waals surface area contributed by atoms with Crippen molar-refractivity contribution in [3.63, 3.8) is 0 Å². The van der Waals surface area contributed by atoms with Crippen LogP contribution in [-0.4, -0.2) is 16.0 Å². The molecule has 0 aliphatic heterocycles. The number of hydrogen-bond acceptors (Lipinski definition) is 5. The van der Waals surface area contributed by atoms with Crippen molar-refractivity contribution in [3.8, 4) is 0 Å². The van der Waals surface area contributed by atoms with E-state index in [0.717, 1.165) is 16.2 Å². The van der Waals surface area contributed by atoms with E-state index in [1.54, 1.807) is 6.20 Å². The molecule has 1 aromatic heterocycles. The summed E-state index contributed by atoms with van der Waals surface area (Å²) in [6.07, 6.45) is 5.45. The molecule has 1 fully saturated rings. The Hall–Kier alpha value is -0.880. The fraction of sp³-hybridized carbons (Fsp3) is 0.600. The van der Waals surface area contributed by atoms with Gasteiger partial charge in [0.1, 0.15) is 5.82 Å². The van der Waals surface area contributed by atoms with E-state index < -0.39 is 0 Å². The van der Waals surface area contributed by atoms with Crippen molar-refractivity contribution in [3.05, 3.63) is 10.7 Å². The molecule has 0 amide bonds. The lowest BCUT2D eigenvalue weighted by molar-refractivity contribution is 0.692. The van der Waals surface area contributed by atoms with Gasteiger partial charge in [-0.2, -0.15) is 4.98 Å². The first-order chi connectivity index (χ1) is 7.74. The van der Waals surface area contributed by atoms with Crippen LogP contribution in [0, 0.1) is 5.92 Å². The molecular formula is C10H16BrN5. The smallest absolute Gasteiger partial charge is 0.239 e. The van der Waals surface area contributed by atoms with E-state index in [9.17, 15) is 0 Å². The Balaban J connectivity index is 1.99. The van der Waals surface area contributed by atoms with E-state index in [-0.39, 0.29) is 0 Å². The Morgan fingerprint density at radius 2 is 2.44 bits per heavy atom. The van der Waals surface area contributed by atoms with Crippen LogP contribution >= 0.6 is 15.9 Å². The predicted molar refractivity (Wildman–Crippen MR) is 68.0 cm³/mol. The number of nitrogens with zero attached hydrogens (tertiary/aromatic N) is 2. The van der Waals surface area contributed by atoms with Gasteiger partial charge >= 0.3 is 0 Å². The van der Waals surface area contributed by atoms with Crippen molar-refractivity contribution >= 4 is 27.7 Å². The van der Waals surface area contributed by atoms with Gasteiger partial charge in [-0.05, 0) is 34.7 Å². The quantitative estimate of drug-likeness (QED) is 0.571. The molecule has 2 atom stereocenters. The molecule has 1 aromatic rings. The average molecular weight is 286 g/mol. The molecule has 1 aliphatic carbocycles. The Bertz CT molecular complexity index is 370. The van der Waals surface area contributed by atoms with Gasteiger partial charge in [0.2, 0.25) is 5.95 Å². The average Bonchev–Trinajstić information content (AvgIpc) is 3.00. The lowest BCUT2D eigenvalue weighted by atomic mass is 10.2. The molecule has 0 aromatic carbocycles. The Kier molecular flexibility index (Phi) is 3.60. The highest BCUT2D eigenvalue weighted by Gasteiger charge is 2.36. The summed E-state index contributed by atoms with van der Waals surface area (Å²) in [5, 5.41) is 3.40. The molecular weight excluding hydrogens is 270 g/mol. The molecule has 16 heavy (non-hydrogen) atoms. The summed E-state index contributed by atoms with van der Waals surface area (Å²) in [5.41, 5.74) is 2.44. The van der Waals surface area contributed by atoms with Crippen LogP contribution in [0.5, 0.6) is 0 Å². The van der Waals surface area contributed by atoms with Crippen LogP contribution in [0.15, 0.2) is 10.7 Å². The summed E-state index contributed by atoms with van der Waals surface area (Å²) in [6, 6.07) is 0.553. The van der Waals surface area contributed by atoms with Crippen molar-refractivity contribution in [1.82, 2.24) is 9.97 Å². The molecule has 88 valence electrons. The van der Waals surface area contributed by atoms with Crippen molar-refractivity contribution in [2.24, 2.45) is 11.8 Å². The second-order valence-electron chi connectivity index (χ2n) is 4.07. The number of hydrogen-bond donors (Lipinski definition) is 3.